The maximum absolute atomic E-state index is 11.5. The van der Waals surface area contributed by atoms with Crippen molar-refractivity contribution in [3.05, 3.63) is 75.6 Å². The molecule has 4 aromatic rings. The fourth-order valence-electron chi connectivity index (χ4n) is 3.98. The van der Waals surface area contributed by atoms with Gasteiger partial charge in [-0.3, -0.25) is 4.90 Å². The van der Waals surface area contributed by atoms with E-state index >= 15 is 0 Å². The van der Waals surface area contributed by atoms with Gasteiger partial charge in [0.15, 0.2) is 5.60 Å². The summed E-state index contributed by atoms with van der Waals surface area (Å²) in [4.78, 5) is 25.0. The lowest BCUT2D eigenvalue weighted by atomic mass is 10.0. The van der Waals surface area contributed by atoms with E-state index in [0.29, 0.717) is 37.2 Å². The van der Waals surface area contributed by atoms with Crippen LogP contribution in [-0.4, -0.2) is 31.5 Å². The van der Waals surface area contributed by atoms with Crippen LogP contribution in [0.1, 0.15) is 52.8 Å². The number of hydrogen-bond donors (Lipinski definition) is 1. The smallest absolute Gasteiger partial charge is 0.347 e. The van der Waals surface area contributed by atoms with E-state index in [-0.39, 0.29) is 0 Å². The average Bonchev–Trinajstić information content (AvgIpc) is 3.53. The number of benzene rings is 1. The number of aliphatic carboxylic acids is 1. The summed E-state index contributed by atoms with van der Waals surface area (Å²) < 4.78 is 17.4. The van der Waals surface area contributed by atoms with Crippen LogP contribution in [0.25, 0.3) is 10.8 Å². The summed E-state index contributed by atoms with van der Waals surface area (Å²) in [6, 6.07) is 8.14. The molecule has 4 rings (SSSR count). The molecule has 1 N–H and O–H groups in total. The third-order valence-electron chi connectivity index (χ3n) is 5.86. The van der Waals surface area contributed by atoms with Crippen LogP contribution in [0.2, 0.25) is 0 Å². The number of rotatable bonds is 10. The van der Waals surface area contributed by atoms with Gasteiger partial charge in [0, 0.05) is 18.0 Å². The van der Waals surface area contributed by atoms with Gasteiger partial charge in [-0.2, -0.15) is 0 Å². The minimum atomic E-state index is -1.32. The molecule has 0 unspecified atom stereocenters. The number of carboxylic acids is 1. The number of carbonyl (C=O) groups is 1. The topological polar surface area (TPSA) is 102 Å². The Morgan fingerprint density at radius 3 is 2.42 bits per heavy atom. The van der Waals surface area contributed by atoms with E-state index < -0.39 is 11.6 Å². The van der Waals surface area contributed by atoms with Crippen molar-refractivity contribution in [2.45, 2.75) is 66.8 Å². The summed E-state index contributed by atoms with van der Waals surface area (Å²) >= 11 is 1.65. The summed E-state index contributed by atoms with van der Waals surface area (Å²) in [6.45, 7) is 12.6. The maximum Gasteiger partial charge on any atom is 0.347 e. The normalized spacial score (nSPS) is 11.9. The van der Waals surface area contributed by atoms with Crippen molar-refractivity contribution >= 4 is 17.3 Å². The van der Waals surface area contributed by atoms with Crippen LogP contribution in [0, 0.1) is 27.7 Å². The molecule has 0 saturated carbocycles. The molecule has 3 heterocycles. The van der Waals surface area contributed by atoms with E-state index in [9.17, 15) is 9.90 Å². The van der Waals surface area contributed by atoms with Gasteiger partial charge in [-0.15, -0.1) is 11.3 Å². The zero-order valence-electron chi connectivity index (χ0n) is 21.4. The van der Waals surface area contributed by atoms with E-state index in [1.807, 2.05) is 39.0 Å². The number of oxazole rings is 2. The minimum Gasteiger partial charge on any atom is -0.478 e. The van der Waals surface area contributed by atoms with Gasteiger partial charge in [-0.1, -0.05) is 12.1 Å². The Kier molecular flexibility index (Phi) is 7.33. The lowest BCUT2D eigenvalue weighted by Crippen LogP contribution is -2.38. The standard InChI is InChI=1S/C27H31N3O5S/c1-16-11-20(12-17(2)24(16)35-27(5,6)26(31)32)13-30(15-23-28-9-10-33-23)14-21-19(4)34-25(29-21)22-8-7-18(3)36-22/h7-12H,13-15H2,1-6H3,(H,31,32). The summed E-state index contributed by atoms with van der Waals surface area (Å²) in [7, 11) is 0. The molecule has 0 spiro atoms. The van der Waals surface area contributed by atoms with Crippen LogP contribution < -0.4 is 4.74 Å². The minimum absolute atomic E-state index is 0.495. The summed E-state index contributed by atoms with van der Waals surface area (Å²) in [5, 5.41) is 9.46. The third-order valence-corrected chi connectivity index (χ3v) is 6.85. The van der Waals surface area contributed by atoms with Gasteiger partial charge in [-0.25, -0.2) is 14.8 Å². The van der Waals surface area contributed by atoms with Gasteiger partial charge < -0.3 is 18.7 Å². The molecule has 0 aliphatic carbocycles. The van der Waals surface area contributed by atoms with E-state index in [0.717, 1.165) is 33.0 Å². The highest BCUT2D eigenvalue weighted by atomic mass is 32.1. The molecule has 8 nitrogen and oxygen atoms in total. The van der Waals surface area contributed by atoms with Gasteiger partial charge in [-0.05, 0) is 70.4 Å². The number of aryl methyl sites for hydroxylation is 4. The van der Waals surface area contributed by atoms with Crippen LogP contribution in [-0.2, 0) is 24.4 Å². The number of thiophene rings is 1. The molecule has 0 aliphatic rings. The molecule has 1 aromatic carbocycles. The van der Waals surface area contributed by atoms with Crippen LogP contribution in [0.4, 0.5) is 0 Å². The Hall–Kier alpha value is -3.43. The highest BCUT2D eigenvalue weighted by Gasteiger charge is 2.30. The number of aromatic nitrogens is 2. The second kappa shape index (κ2) is 10.3. The van der Waals surface area contributed by atoms with Gasteiger partial charge in [0.05, 0.1) is 23.3 Å². The molecule has 0 saturated heterocycles. The average molecular weight is 510 g/mol. The van der Waals surface area contributed by atoms with Crippen molar-refractivity contribution in [1.29, 1.82) is 0 Å². The third kappa shape index (κ3) is 5.85. The molecule has 0 fully saturated rings. The summed E-state index contributed by atoms with van der Waals surface area (Å²) in [6.07, 6.45) is 3.20. The van der Waals surface area contributed by atoms with Crippen molar-refractivity contribution in [2.24, 2.45) is 0 Å². The van der Waals surface area contributed by atoms with E-state index in [1.54, 1.807) is 37.6 Å². The Morgan fingerprint density at radius 2 is 1.83 bits per heavy atom. The number of carboxylic acid groups (broad SMARTS) is 1. The quantitative estimate of drug-likeness (QED) is 0.275. The first kappa shape index (κ1) is 25.7. The monoisotopic (exact) mass is 509 g/mol. The molecular weight excluding hydrogens is 478 g/mol. The Morgan fingerprint density at radius 1 is 1.11 bits per heavy atom. The molecule has 3 aromatic heterocycles. The zero-order chi connectivity index (χ0) is 26.0. The fourth-order valence-corrected chi connectivity index (χ4v) is 4.77. The second-order valence-corrected chi connectivity index (χ2v) is 10.8. The Labute approximate surface area is 214 Å². The molecule has 0 aliphatic heterocycles. The number of ether oxygens (including phenoxy) is 1. The summed E-state index contributed by atoms with van der Waals surface area (Å²) in [5.74, 6) is 1.60. The second-order valence-electron chi connectivity index (χ2n) is 9.48. The number of nitrogens with zero attached hydrogens (tertiary/aromatic N) is 3. The molecule has 0 radical (unpaired) electrons. The van der Waals surface area contributed by atoms with Crippen LogP contribution in [0.5, 0.6) is 5.75 Å². The van der Waals surface area contributed by atoms with Gasteiger partial charge in [0.2, 0.25) is 11.8 Å². The van der Waals surface area contributed by atoms with Crippen LogP contribution >= 0.6 is 11.3 Å². The predicted molar refractivity (Wildman–Crippen MR) is 137 cm³/mol. The Bertz CT molecular complexity index is 1330. The largest absolute Gasteiger partial charge is 0.478 e. The van der Waals surface area contributed by atoms with Crippen molar-refractivity contribution in [2.75, 3.05) is 0 Å². The predicted octanol–water partition coefficient (Wildman–Crippen LogP) is 6.07. The molecule has 9 heteroatoms. The molecule has 36 heavy (non-hydrogen) atoms. The molecular formula is C27H31N3O5S. The maximum atomic E-state index is 11.5. The highest BCUT2D eigenvalue weighted by molar-refractivity contribution is 7.15. The Balaban J connectivity index is 1.58. The molecule has 0 atom stereocenters. The molecule has 190 valence electrons. The lowest BCUT2D eigenvalue weighted by molar-refractivity contribution is -0.152. The zero-order valence-corrected chi connectivity index (χ0v) is 22.2. The number of hydrogen-bond acceptors (Lipinski definition) is 8. The van der Waals surface area contributed by atoms with Crippen molar-refractivity contribution in [3.63, 3.8) is 0 Å². The van der Waals surface area contributed by atoms with Gasteiger partial charge >= 0.3 is 5.97 Å². The van der Waals surface area contributed by atoms with Crippen molar-refractivity contribution in [3.8, 4) is 16.5 Å². The van der Waals surface area contributed by atoms with Crippen LogP contribution in [0.15, 0.2) is 45.6 Å². The van der Waals surface area contributed by atoms with E-state index in [2.05, 4.69) is 22.9 Å². The van der Waals surface area contributed by atoms with E-state index in [4.69, 9.17) is 18.6 Å². The van der Waals surface area contributed by atoms with Gasteiger partial charge in [0.1, 0.15) is 17.8 Å². The molecule has 0 bridgehead atoms. The van der Waals surface area contributed by atoms with Crippen LogP contribution in [0.3, 0.4) is 0 Å². The first-order chi connectivity index (χ1) is 17.0. The highest BCUT2D eigenvalue weighted by Crippen LogP contribution is 2.31. The SMILES string of the molecule is Cc1ccc(-c2nc(CN(Cc3cc(C)c(OC(C)(C)C(=O)O)c(C)c3)Cc3ncco3)c(C)o2)s1. The van der Waals surface area contributed by atoms with Gasteiger partial charge in [0.25, 0.3) is 0 Å². The molecule has 0 amide bonds. The van der Waals surface area contributed by atoms with Crippen molar-refractivity contribution < 1.29 is 23.5 Å². The fraction of sp³-hybridized carbons (Fsp3) is 0.370. The van der Waals surface area contributed by atoms with E-state index in [1.165, 1.54) is 4.88 Å². The van der Waals surface area contributed by atoms with Crippen molar-refractivity contribution in [1.82, 2.24) is 14.9 Å². The first-order valence-electron chi connectivity index (χ1n) is 11.7. The first-order valence-corrected chi connectivity index (χ1v) is 12.5. The lowest BCUT2D eigenvalue weighted by Gasteiger charge is -2.25. The summed E-state index contributed by atoms with van der Waals surface area (Å²) in [5.41, 5.74) is 2.36.